The Morgan fingerprint density at radius 3 is 2.24 bits per heavy atom. The summed E-state index contributed by atoms with van der Waals surface area (Å²) in [5.74, 6) is 0.734. The average Bonchev–Trinajstić information content (AvgIpc) is 3.28. The molecule has 0 saturated heterocycles. The molecule has 0 aliphatic carbocycles. The summed E-state index contributed by atoms with van der Waals surface area (Å²) in [6.07, 6.45) is 1.70. The molecule has 5 rings (SSSR count). The molecule has 2 aromatic carbocycles. The number of nitrogens with one attached hydrogen (secondary N) is 1. The Labute approximate surface area is 197 Å². The maximum absolute atomic E-state index is 13.5. The van der Waals surface area contributed by atoms with Crippen molar-refractivity contribution < 1.29 is 4.79 Å². The predicted octanol–water partition coefficient (Wildman–Crippen LogP) is 5.70. The van der Waals surface area contributed by atoms with Gasteiger partial charge in [-0.05, 0) is 26.8 Å². The highest BCUT2D eigenvalue weighted by atomic mass is 16.1. The fourth-order valence-corrected chi connectivity index (χ4v) is 3.87. The lowest BCUT2D eigenvalue weighted by molar-refractivity contribution is 0.102. The van der Waals surface area contributed by atoms with E-state index >= 15 is 0 Å². The van der Waals surface area contributed by atoms with Crippen molar-refractivity contribution in [3.05, 3.63) is 90.3 Å². The molecule has 1 N–H and O–H groups in total. The molecule has 0 aliphatic heterocycles. The van der Waals surface area contributed by atoms with Crippen molar-refractivity contribution in [1.29, 1.82) is 0 Å². The highest BCUT2D eigenvalue weighted by molar-refractivity contribution is 6.12. The lowest BCUT2D eigenvalue weighted by Gasteiger charge is -2.12. The van der Waals surface area contributed by atoms with Crippen LogP contribution in [0.4, 0.5) is 5.82 Å². The molecule has 0 fully saturated rings. The molecule has 3 heterocycles. The minimum Gasteiger partial charge on any atom is -0.306 e. The third-order valence-electron chi connectivity index (χ3n) is 5.50. The van der Waals surface area contributed by atoms with Crippen LogP contribution in [-0.2, 0) is 0 Å². The number of amides is 1. The molecule has 5 aromatic rings. The van der Waals surface area contributed by atoms with Gasteiger partial charge in [0.1, 0.15) is 5.82 Å². The van der Waals surface area contributed by atoms with E-state index in [9.17, 15) is 4.79 Å². The molecule has 34 heavy (non-hydrogen) atoms. The first-order valence-electron chi connectivity index (χ1n) is 11.2. The number of nitrogens with zero attached hydrogens (tertiary/aromatic N) is 5. The Bertz CT molecular complexity index is 1480. The first-order valence-corrected chi connectivity index (χ1v) is 11.2. The highest BCUT2D eigenvalue weighted by Gasteiger charge is 2.19. The monoisotopic (exact) mass is 448 g/mol. The predicted molar refractivity (Wildman–Crippen MR) is 134 cm³/mol. The molecule has 0 spiro atoms. The molecule has 168 valence electrons. The van der Waals surface area contributed by atoms with Crippen molar-refractivity contribution in [3.8, 4) is 22.6 Å². The van der Waals surface area contributed by atoms with Gasteiger partial charge >= 0.3 is 0 Å². The number of pyridine rings is 1. The van der Waals surface area contributed by atoms with Gasteiger partial charge in [-0.2, -0.15) is 5.10 Å². The molecule has 0 unspecified atom stereocenters. The van der Waals surface area contributed by atoms with Crippen molar-refractivity contribution in [2.45, 2.75) is 26.8 Å². The Morgan fingerprint density at radius 2 is 1.56 bits per heavy atom. The van der Waals surface area contributed by atoms with Crippen molar-refractivity contribution in [1.82, 2.24) is 24.7 Å². The number of aryl methyl sites for hydroxylation is 1. The van der Waals surface area contributed by atoms with E-state index in [-0.39, 0.29) is 11.9 Å². The third kappa shape index (κ3) is 4.15. The van der Waals surface area contributed by atoms with Crippen LogP contribution < -0.4 is 5.32 Å². The van der Waals surface area contributed by atoms with Gasteiger partial charge in [-0.15, -0.1) is 0 Å². The van der Waals surface area contributed by atoms with E-state index in [1.54, 1.807) is 12.3 Å². The number of carbonyl (C=O) groups excluding carboxylic acids is 1. The smallest absolute Gasteiger partial charge is 0.257 e. The van der Waals surface area contributed by atoms with Crippen LogP contribution in [0.3, 0.4) is 0 Å². The Balaban J connectivity index is 1.58. The van der Waals surface area contributed by atoms with Gasteiger partial charge in [0.05, 0.1) is 22.8 Å². The van der Waals surface area contributed by atoms with Crippen molar-refractivity contribution in [2.75, 3.05) is 5.32 Å². The van der Waals surface area contributed by atoms with Crippen LogP contribution >= 0.6 is 0 Å². The van der Waals surface area contributed by atoms with E-state index in [4.69, 9.17) is 4.98 Å². The molecule has 0 aliphatic rings. The standard InChI is InChI=1S/C27H24N6O/c1-17(2)33-26-22(16-28-33)21(15-23(30-26)19-10-6-4-7-11-19)27(34)32-24-14-18(3)29-25(31-24)20-12-8-5-9-13-20/h4-17H,1-3H3,(H,29,31,32,34). The normalized spacial score (nSPS) is 11.2. The largest absolute Gasteiger partial charge is 0.306 e. The van der Waals surface area contributed by atoms with E-state index in [1.165, 1.54) is 0 Å². The molecule has 0 bridgehead atoms. The fourth-order valence-electron chi connectivity index (χ4n) is 3.87. The van der Waals surface area contributed by atoms with Crippen molar-refractivity contribution in [2.24, 2.45) is 0 Å². The maximum atomic E-state index is 13.5. The number of hydrogen-bond donors (Lipinski definition) is 1. The van der Waals surface area contributed by atoms with E-state index < -0.39 is 0 Å². The number of anilines is 1. The zero-order valence-corrected chi connectivity index (χ0v) is 19.2. The Morgan fingerprint density at radius 1 is 0.882 bits per heavy atom. The van der Waals surface area contributed by atoms with Crippen LogP contribution in [0.5, 0.6) is 0 Å². The van der Waals surface area contributed by atoms with E-state index in [1.807, 2.05) is 92.2 Å². The van der Waals surface area contributed by atoms with Crippen molar-refractivity contribution >= 4 is 22.8 Å². The lowest BCUT2D eigenvalue weighted by Crippen LogP contribution is -2.15. The summed E-state index contributed by atoms with van der Waals surface area (Å²) in [6, 6.07) is 23.2. The SMILES string of the molecule is Cc1cc(NC(=O)c2cc(-c3ccccc3)nc3c2cnn3C(C)C)nc(-c2ccccc2)n1. The number of fused-ring (bicyclic) bond motifs is 1. The molecular formula is C27H24N6O. The zero-order valence-electron chi connectivity index (χ0n) is 19.2. The molecule has 7 heteroatoms. The minimum atomic E-state index is -0.273. The van der Waals surface area contributed by atoms with Crippen LogP contribution in [0.1, 0.15) is 35.9 Å². The first-order chi connectivity index (χ1) is 16.5. The minimum absolute atomic E-state index is 0.102. The Hall–Kier alpha value is -4.39. The van der Waals surface area contributed by atoms with Gasteiger partial charge in [-0.3, -0.25) is 4.79 Å². The Kier molecular flexibility index (Phi) is 5.59. The fraction of sp³-hybridized carbons (Fsp3) is 0.148. The summed E-state index contributed by atoms with van der Waals surface area (Å²) in [7, 11) is 0. The molecular weight excluding hydrogens is 424 g/mol. The van der Waals surface area contributed by atoms with Crippen LogP contribution in [0.25, 0.3) is 33.7 Å². The second kappa shape index (κ2) is 8.86. The second-order valence-corrected chi connectivity index (χ2v) is 8.38. The summed E-state index contributed by atoms with van der Waals surface area (Å²) in [6.45, 7) is 5.96. The molecule has 0 saturated carbocycles. The summed E-state index contributed by atoms with van der Waals surface area (Å²) < 4.78 is 1.83. The third-order valence-corrected chi connectivity index (χ3v) is 5.50. The number of rotatable bonds is 5. The van der Waals surface area contributed by atoms with E-state index in [2.05, 4.69) is 20.4 Å². The summed E-state index contributed by atoms with van der Waals surface area (Å²) in [5.41, 5.74) is 4.46. The molecule has 0 atom stereocenters. The van der Waals surface area contributed by atoms with Gasteiger partial charge in [0, 0.05) is 28.9 Å². The molecule has 7 nitrogen and oxygen atoms in total. The number of hydrogen-bond acceptors (Lipinski definition) is 5. The van der Waals surface area contributed by atoms with E-state index in [0.29, 0.717) is 33.9 Å². The lowest BCUT2D eigenvalue weighted by atomic mass is 10.1. The van der Waals surface area contributed by atoms with Crippen LogP contribution in [0, 0.1) is 6.92 Å². The summed E-state index contributed by atoms with van der Waals surface area (Å²) in [5, 5.41) is 8.15. The number of carbonyl (C=O) groups is 1. The maximum Gasteiger partial charge on any atom is 0.257 e. The number of aromatic nitrogens is 5. The van der Waals surface area contributed by atoms with E-state index in [0.717, 1.165) is 16.8 Å². The van der Waals surface area contributed by atoms with Gasteiger partial charge in [0.25, 0.3) is 5.91 Å². The molecule has 3 aromatic heterocycles. The van der Waals surface area contributed by atoms with Gasteiger partial charge in [-0.25, -0.2) is 19.6 Å². The summed E-state index contributed by atoms with van der Waals surface area (Å²) in [4.78, 5) is 27.5. The van der Waals surface area contributed by atoms with Crippen LogP contribution in [0.2, 0.25) is 0 Å². The van der Waals surface area contributed by atoms with Crippen molar-refractivity contribution in [3.63, 3.8) is 0 Å². The molecule has 0 radical (unpaired) electrons. The average molecular weight is 449 g/mol. The van der Waals surface area contributed by atoms with Gasteiger partial charge < -0.3 is 5.32 Å². The number of benzene rings is 2. The van der Waals surface area contributed by atoms with Gasteiger partial charge in [-0.1, -0.05) is 60.7 Å². The molecule has 1 amide bonds. The van der Waals surface area contributed by atoms with Gasteiger partial charge in [0.2, 0.25) is 0 Å². The topological polar surface area (TPSA) is 85.6 Å². The zero-order chi connectivity index (χ0) is 23.7. The van der Waals surface area contributed by atoms with Crippen LogP contribution in [-0.4, -0.2) is 30.6 Å². The highest BCUT2D eigenvalue weighted by Crippen LogP contribution is 2.27. The van der Waals surface area contributed by atoms with Crippen LogP contribution in [0.15, 0.2) is 79.0 Å². The summed E-state index contributed by atoms with van der Waals surface area (Å²) >= 11 is 0. The van der Waals surface area contributed by atoms with Gasteiger partial charge in [0.15, 0.2) is 11.5 Å². The quantitative estimate of drug-likeness (QED) is 0.373. The second-order valence-electron chi connectivity index (χ2n) is 8.38. The first kappa shape index (κ1) is 21.5.